The van der Waals surface area contributed by atoms with Crippen LogP contribution in [0.4, 0.5) is 0 Å². The molecule has 0 aliphatic heterocycles. The predicted octanol–water partition coefficient (Wildman–Crippen LogP) is 7.99. The molecule has 0 aromatic carbocycles. The molecule has 0 heterocycles. The normalized spacial score (nSPS) is 29.6. The van der Waals surface area contributed by atoms with Gasteiger partial charge in [-0.15, -0.1) is 0 Å². The van der Waals surface area contributed by atoms with Crippen molar-refractivity contribution in [3.8, 4) is 0 Å². The number of rotatable bonds is 14. The summed E-state index contributed by atoms with van der Waals surface area (Å²) in [7, 11) is 0. The number of amides is 1. The molecule has 2 heteroatoms. The fourth-order valence-electron chi connectivity index (χ4n) is 6.37. The third kappa shape index (κ3) is 8.60. The Morgan fingerprint density at radius 3 is 1.62 bits per heavy atom. The Morgan fingerprint density at radius 2 is 1.16 bits per heavy atom. The first-order chi connectivity index (χ1) is 15.7. The van der Waals surface area contributed by atoms with Crippen LogP contribution in [0.1, 0.15) is 96.8 Å². The van der Waals surface area contributed by atoms with Crippen molar-refractivity contribution in [3.05, 3.63) is 60.8 Å². The molecule has 0 aromatic heterocycles. The first-order valence-corrected chi connectivity index (χ1v) is 13.2. The number of allylic oxidation sites excluding steroid dienone is 10. The van der Waals surface area contributed by atoms with Crippen molar-refractivity contribution in [1.29, 1.82) is 0 Å². The lowest BCUT2D eigenvalue weighted by Gasteiger charge is -2.56. The maximum absolute atomic E-state index is 12.5. The SMILES string of the molecule is CC/C=C\C/C=C\C/C=C\C/C=C\C/C=C\CCCC(=O)NC12CC3CC(CC(C3)C1)C2. The lowest BCUT2D eigenvalue weighted by atomic mass is 9.53. The zero-order chi connectivity index (χ0) is 22.5. The highest BCUT2D eigenvalue weighted by Gasteiger charge is 2.51. The van der Waals surface area contributed by atoms with Crippen LogP contribution in [0, 0.1) is 17.8 Å². The Bertz CT molecular complexity index is 673. The van der Waals surface area contributed by atoms with Crippen LogP contribution in [-0.2, 0) is 4.79 Å². The molecule has 4 aliphatic carbocycles. The zero-order valence-corrected chi connectivity index (χ0v) is 20.3. The van der Waals surface area contributed by atoms with Gasteiger partial charge in [-0.25, -0.2) is 0 Å². The van der Waals surface area contributed by atoms with Crippen LogP contribution in [0.3, 0.4) is 0 Å². The zero-order valence-electron chi connectivity index (χ0n) is 20.3. The third-order valence-corrected chi connectivity index (χ3v) is 7.38. The van der Waals surface area contributed by atoms with Crippen LogP contribution in [0.5, 0.6) is 0 Å². The van der Waals surface area contributed by atoms with E-state index in [1.54, 1.807) is 0 Å². The number of carbonyl (C=O) groups is 1. The van der Waals surface area contributed by atoms with E-state index in [9.17, 15) is 4.79 Å². The van der Waals surface area contributed by atoms with Gasteiger partial charge in [0.1, 0.15) is 0 Å². The molecule has 4 saturated carbocycles. The number of carbonyl (C=O) groups excluding carboxylic acids is 1. The first-order valence-electron chi connectivity index (χ1n) is 13.2. The maximum Gasteiger partial charge on any atom is 0.220 e. The molecule has 0 saturated heterocycles. The Hall–Kier alpha value is -1.83. The molecule has 0 aromatic rings. The second-order valence-corrected chi connectivity index (χ2v) is 10.3. The molecule has 4 rings (SSSR count). The molecule has 4 fully saturated rings. The van der Waals surface area contributed by atoms with Crippen LogP contribution in [-0.4, -0.2) is 11.4 Å². The van der Waals surface area contributed by atoms with Crippen molar-refractivity contribution in [2.75, 3.05) is 0 Å². The summed E-state index contributed by atoms with van der Waals surface area (Å²) >= 11 is 0. The monoisotopic (exact) mass is 435 g/mol. The van der Waals surface area contributed by atoms with E-state index in [1.807, 2.05) is 0 Å². The maximum atomic E-state index is 12.5. The quantitative estimate of drug-likeness (QED) is 0.217. The van der Waals surface area contributed by atoms with Crippen LogP contribution >= 0.6 is 0 Å². The Morgan fingerprint density at radius 1 is 0.719 bits per heavy atom. The van der Waals surface area contributed by atoms with Gasteiger partial charge in [-0.05, 0) is 101 Å². The van der Waals surface area contributed by atoms with Gasteiger partial charge >= 0.3 is 0 Å². The van der Waals surface area contributed by atoms with Gasteiger partial charge in [-0.3, -0.25) is 4.79 Å². The molecule has 0 unspecified atom stereocenters. The number of unbranched alkanes of at least 4 members (excludes halogenated alkanes) is 1. The summed E-state index contributed by atoms with van der Waals surface area (Å²) in [6.45, 7) is 2.16. The van der Waals surface area contributed by atoms with Crippen molar-refractivity contribution < 1.29 is 4.79 Å². The molecular formula is C30H45NO. The fraction of sp³-hybridized carbons (Fsp3) is 0.633. The number of hydrogen-bond acceptors (Lipinski definition) is 1. The second-order valence-electron chi connectivity index (χ2n) is 10.3. The van der Waals surface area contributed by atoms with Gasteiger partial charge < -0.3 is 5.32 Å². The molecular weight excluding hydrogens is 390 g/mol. The third-order valence-electron chi connectivity index (χ3n) is 7.38. The highest BCUT2D eigenvalue weighted by Crippen LogP contribution is 2.55. The fourth-order valence-corrected chi connectivity index (χ4v) is 6.37. The van der Waals surface area contributed by atoms with Gasteiger partial charge in [0, 0.05) is 12.0 Å². The largest absolute Gasteiger partial charge is 0.351 e. The van der Waals surface area contributed by atoms with Crippen LogP contribution < -0.4 is 5.32 Å². The summed E-state index contributed by atoms with van der Waals surface area (Å²) in [5.41, 5.74) is 0.170. The van der Waals surface area contributed by atoms with Crippen molar-refractivity contribution in [2.24, 2.45) is 17.8 Å². The van der Waals surface area contributed by atoms with E-state index in [4.69, 9.17) is 0 Å². The summed E-state index contributed by atoms with van der Waals surface area (Å²) in [5.74, 6) is 2.97. The minimum atomic E-state index is 0.170. The minimum absolute atomic E-state index is 0.170. The van der Waals surface area contributed by atoms with E-state index in [1.165, 1.54) is 38.5 Å². The summed E-state index contributed by atoms with van der Waals surface area (Å²) < 4.78 is 0. The van der Waals surface area contributed by atoms with Crippen LogP contribution in [0.2, 0.25) is 0 Å². The number of hydrogen-bond donors (Lipinski definition) is 1. The highest BCUT2D eigenvalue weighted by molar-refractivity contribution is 5.76. The smallest absolute Gasteiger partial charge is 0.220 e. The van der Waals surface area contributed by atoms with E-state index in [2.05, 4.69) is 73.0 Å². The summed E-state index contributed by atoms with van der Waals surface area (Å²) in [6, 6.07) is 0. The Balaban J connectivity index is 1.18. The van der Waals surface area contributed by atoms with Crippen LogP contribution in [0.25, 0.3) is 0 Å². The first kappa shape index (κ1) is 24.8. The molecule has 176 valence electrons. The van der Waals surface area contributed by atoms with Gasteiger partial charge in [-0.2, -0.15) is 0 Å². The molecule has 4 bridgehead atoms. The van der Waals surface area contributed by atoms with Gasteiger partial charge in [0.05, 0.1) is 0 Å². The lowest BCUT2D eigenvalue weighted by Crippen LogP contribution is -2.59. The van der Waals surface area contributed by atoms with E-state index in [0.717, 1.165) is 62.7 Å². The molecule has 0 radical (unpaired) electrons. The molecule has 1 amide bonds. The van der Waals surface area contributed by atoms with Crippen LogP contribution in [0.15, 0.2) is 60.8 Å². The van der Waals surface area contributed by atoms with Gasteiger partial charge in [0.15, 0.2) is 0 Å². The van der Waals surface area contributed by atoms with Crippen molar-refractivity contribution in [2.45, 2.75) is 102 Å². The standard InChI is InChI=1S/C30H45NO/c1-2-3-4-5-6-7-8-9-10-11-12-13-14-15-16-17-18-19-29(32)31-30-23-26-20-27(24-30)22-28(21-26)25-30/h3-4,6-7,9-10,12-13,15-16,26-28H,2,5,8,11,14,17-25H2,1H3,(H,31,32)/b4-3-,7-6-,10-9-,13-12-,16-15-. The van der Waals surface area contributed by atoms with E-state index in [-0.39, 0.29) is 5.54 Å². The molecule has 32 heavy (non-hydrogen) atoms. The second kappa shape index (κ2) is 13.7. The average Bonchev–Trinajstić information content (AvgIpc) is 2.74. The van der Waals surface area contributed by atoms with E-state index >= 15 is 0 Å². The average molecular weight is 436 g/mol. The molecule has 0 atom stereocenters. The van der Waals surface area contributed by atoms with Crippen molar-refractivity contribution >= 4 is 5.91 Å². The van der Waals surface area contributed by atoms with Gasteiger partial charge in [0.2, 0.25) is 5.91 Å². The van der Waals surface area contributed by atoms with Gasteiger partial charge in [-0.1, -0.05) is 67.7 Å². The van der Waals surface area contributed by atoms with E-state index in [0.29, 0.717) is 12.3 Å². The molecule has 1 N–H and O–H groups in total. The molecule has 4 aliphatic rings. The summed E-state index contributed by atoms with van der Waals surface area (Å²) in [4.78, 5) is 12.5. The summed E-state index contributed by atoms with van der Waals surface area (Å²) in [6.07, 6.45) is 38.1. The molecule has 2 nitrogen and oxygen atoms in total. The van der Waals surface area contributed by atoms with Gasteiger partial charge in [0.25, 0.3) is 0 Å². The Labute approximate surface area is 197 Å². The Kier molecular flexibility index (Phi) is 10.6. The summed E-state index contributed by atoms with van der Waals surface area (Å²) in [5, 5.41) is 3.49. The minimum Gasteiger partial charge on any atom is -0.351 e. The van der Waals surface area contributed by atoms with E-state index < -0.39 is 0 Å². The van der Waals surface area contributed by atoms with Crippen molar-refractivity contribution in [1.82, 2.24) is 5.32 Å². The lowest BCUT2D eigenvalue weighted by molar-refractivity contribution is -0.126. The number of nitrogens with one attached hydrogen (secondary N) is 1. The van der Waals surface area contributed by atoms with Crippen molar-refractivity contribution in [3.63, 3.8) is 0 Å². The predicted molar refractivity (Wildman–Crippen MR) is 137 cm³/mol. The topological polar surface area (TPSA) is 29.1 Å². The highest BCUT2D eigenvalue weighted by atomic mass is 16.1. The molecule has 0 spiro atoms.